The molecule has 3 rings (SSSR count). The first-order valence-corrected chi connectivity index (χ1v) is 11.2. The summed E-state index contributed by atoms with van der Waals surface area (Å²) in [6, 6.07) is 15.5. The van der Waals surface area contributed by atoms with Crippen molar-refractivity contribution in [2.75, 3.05) is 13.7 Å². The summed E-state index contributed by atoms with van der Waals surface area (Å²) in [6.45, 7) is 2.23. The Kier molecular flexibility index (Phi) is 7.91. The van der Waals surface area contributed by atoms with Gasteiger partial charge in [-0.25, -0.2) is 0 Å². The zero-order valence-corrected chi connectivity index (χ0v) is 19.2. The SMILES string of the molecule is COc1ccc(C2CCCCCN2C(=O)CC(NC(C)=O)c2ccc(Br)cc2)cc1. The van der Waals surface area contributed by atoms with Crippen molar-refractivity contribution in [1.29, 1.82) is 0 Å². The molecule has 2 aromatic carbocycles. The van der Waals surface area contributed by atoms with E-state index in [0.29, 0.717) is 0 Å². The van der Waals surface area contributed by atoms with Gasteiger partial charge in [0.15, 0.2) is 0 Å². The van der Waals surface area contributed by atoms with E-state index in [9.17, 15) is 9.59 Å². The second-order valence-corrected chi connectivity index (χ2v) is 8.65. The third-order valence-corrected chi connectivity index (χ3v) is 6.13. The highest BCUT2D eigenvalue weighted by molar-refractivity contribution is 9.10. The summed E-state index contributed by atoms with van der Waals surface area (Å²) in [6.07, 6.45) is 4.41. The number of hydrogen-bond donors (Lipinski definition) is 1. The van der Waals surface area contributed by atoms with Gasteiger partial charge in [-0.05, 0) is 48.2 Å². The van der Waals surface area contributed by atoms with Crippen LogP contribution in [-0.2, 0) is 9.59 Å². The van der Waals surface area contributed by atoms with E-state index in [1.807, 2.05) is 41.3 Å². The summed E-state index contributed by atoms with van der Waals surface area (Å²) >= 11 is 3.44. The van der Waals surface area contributed by atoms with Gasteiger partial charge in [-0.1, -0.05) is 53.0 Å². The Labute approximate surface area is 186 Å². The van der Waals surface area contributed by atoms with Crippen LogP contribution in [0.5, 0.6) is 5.75 Å². The van der Waals surface area contributed by atoms with Gasteiger partial charge in [0.2, 0.25) is 11.8 Å². The molecule has 0 aromatic heterocycles. The number of likely N-dealkylation sites (tertiary alicyclic amines) is 1. The zero-order chi connectivity index (χ0) is 21.5. The third kappa shape index (κ3) is 5.85. The molecule has 0 aliphatic carbocycles. The fourth-order valence-electron chi connectivity index (χ4n) is 4.06. The molecule has 30 heavy (non-hydrogen) atoms. The summed E-state index contributed by atoms with van der Waals surface area (Å²) < 4.78 is 6.24. The summed E-state index contributed by atoms with van der Waals surface area (Å²) in [4.78, 5) is 27.2. The number of ether oxygens (including phenoxy) is 1. The lowest BCUT2D eigenvalue weighted by molar-refractivity contribution is -0.134. The number of methoxy groups -OCH3 is 1. The molecular weight excluding hydrogens is 444 g/mol. The Morgan fingerprint density at radius 2 is 1.80 bits per heavy atom. The number of carbonyl (C=O) groups is 2. The van der Waals surface area contributed by atoms with Crippen LogP contribution in [0.4, 0.5) is 0 Å². The molecule has 2 amide bonds. The van der Waals surface area contributed by atoms with Crippen molar-refractivity contribution < 1.29 is 14.3 Å². The summed E-state index contributed by atoms with van der Waals surface area (Å²) in [5, 5.41) is 2.95. The molecule has 0 bridgehead atoms. The quantitative estimate of drug-likeness (QED) is 0.630. The average Bonchev–Trinajstić information content (AvgIpc) is 3.00. The lowest BCUT2D eigenvalue weighted by Gasteiger charge is -2.32. The number of nitrogens with zero attached hydrogens (tertiary/aromatic N) is 1. The highest BCUT2D eigenvalue weighted by atomic mass is 79.9. The molecule has 2 atom stereocenters. The molecule has 1 fully saturated rings. The van der Waals surface area contributed by atoms with E-state index in [1.54, 1.807) is 7.11 Å². The van der Waals surface area contributed by atoms with Crippen LogP contribution in [-0.4, -0.2) is 30.4 Å². The number of hydrogen-bond acceptors (Lipinski definition) is 3. The van der Waals surface area contributed by atoms with Gasteiger partial charge in [0, 0.05) is 17.9 Å². The van der Waals surface area contributed by atoms with Crippen molar-refractivity contribution in [1.82, 2.24) is 10.2 Å². The van der Waals surface area contributed by atoms with Crippen LogP contribution in [0.3, 0.4) is 0 Å². The number of benzene rings is 2. The lowest BCUT2D eigenvalue weighted by Crippen LogP contribution is -2.38. The molecule has 0 radical (unpaired) electrons. The van der Waals surface area contributed by atoms with Crippen molar-refractivity contribution in [2.45, 2.75) is 51.1 Å². The van der Waals surface area contributed by atoms with Gasteiger partial charge in [0.25, 0.3) is 0 Å². The van der Waals surface area contributed by atoms with Gasteiger partial charge in [0.1, 0.15) is 5.75 Å². The first-order valence-electron chi connectivity index (χ1n) is 10.4. The number of nitrogens with one attached hydrogen (secondary N) is 1. The van der Waals surface area contributed by atoms with E-state index >= 15 is 0 Å². The van der Waals surface area contributed by atoms with Crippen molar-refractivity contribution in [3.63, 3.8) is 0 Å². The van der Waals surface area contributed by atoms with E-state index in [2.05, 4.69) is 33.4 Å². The number of carbonyl (C=O) groups excluding carboxylic acids is 2. The second-order valence-electron chi connectivity index (χ2n) is 7.73. The predicted molar refractivity (Wildman–Crippen MR) is 121 cm³/mol. The average molecular weight is 473 g/mol. The molecule has 1 aliphatic rings. The first kappa shape index (κ1) is 22.3. The molecule has 160 valence electrons. The number of amides is 2. The van der Waals surface area contributed by atoms with Gasteiger partial charge < -0.3 is 15.0 Å². The zero-order valence-electron chi connectivity index (χ0n) is 17.6. The minimum Gasteiger partial charge on any atom is -0.497 e. The fourth-order valence-corrected chi connectivity index (χ4v) is 4.33. The van der Waals surface area contributed by atoms with Crippen LogP contribution in [0.2, 0.25) is 0 Å². The van der Waals surface area contributed by atoms with Crippen LogP contribution in [0, 0.1) is 0 Å². The van der Waals surface area contributed by atoms with E-state index < -0.39 is 0 Å². The minimum atomic E-state index is -0.345. The van der Waals surface area contributed by atoms with E-state index in [0.717, 1.165) is 53.6 Å². The second kappa shape index (κ2) is 10.6. The fraction of sp³-hybridized carbons (Fsp3) is 0.417. The molecule has 0 spiro atoms. The van der Waals surface area contributed by atoms with Crippen LogP contribution in [0.1, 0.15) is 62.2 Å². The van der Waals surface area contributed by atoms with Crippen LogP contribution in [0.25, 0.3) is 0 Å². The Morgan fingerprint density at radius 1 is 1.10 bits per heavy atom. The van der Waals surface area contributed by atoms with Crippen molar-refractivity contribution >= 4 is 27.7 Å². The highest BCUT2D eigenvalue weighted by Crippen LogP contribution is 2.33. The summed E-state index contributed by atoms with van der Waals surface area (Å²) in [5.74, 6) is 0.740. The highest BCUT2D eigenvalue weighted by Gasteiger charge is 2.29. The van der Waals surface area contributed by atoms with Crippen molar-refractivity contribution in [3.8, 4) is 5.75 Å². The molecule has 5 nitrogen and oxygen atoms in total. The topological polar surface area (TPSA) is 58.6 Å². The van der Waals surface area contributed by atoms with Gasteiger partial charge in [-0.2, -0.15) is 0 Å². The van der Waals surface area contributed by atoms with Crippen LogP contribution >= 0.6 is 15.9 Å². The third-order valence-electron chi connectivity index (χ3n) is 5.60. The van der Waals surface area contributed by atoms with E-state index in [4.69, 9.17) is 4.74 Å². The summed E-state index contributed by atoms with van der Waals surface area (Å²) in [7, 11) is 1.65. The Morgan fingerprint density at radius 3 is 2.43 bits per heavy atom. The predicted octanol–water partition coefficient (Wildman–Crippen LogP) is 5.17. The van der Waals surface area contributed by atoms with Crippen LogP contribution < -0.4 is 10.1 Å². The van der Waals surface area contributed by atoms with E-state index in [1.165, 1.54) is 6.92 Å². The standard InChI is InChI=1S/C24H29BrN2O3/c1-17(28)26-22(18-7-11-20(25)12-8-18)16-24(29)27-15-5-3-4-6-23(27)19-9-13-21(30-2)14-10-19/h7-14,22-23H,3-6,15-16H2,1-2H3,(H,26,28). The molecular formula is C24H29BrN2O3. The first-order chi connectivity index (χ1) is 14.5. The lowest BCUT2D eigenvalue weighted by atomic mass is 9.98. The number of halogens is 1. The van der Waals surface area contributed by atoms with Gasteiger partial charge in [0.05, 0.1) is 25.6 Å². The molecule has 1 saturated heterocycles. The number of rotatable bonds is 6. The van der Waals surface area contributed by atoms with Crippen molar-refractivity contribution in [3.05, 3.63) is 64.1 Å². The monoisotopic (exact) mass is 472 g/mol. The normalized spacial score (nSPS) is 17.7. The molecule has 1 heterocycles. The maximum atomic E-state index is 13.4. The molecule has 2 unspecified atom stereocenters. The van der Waals surface area contributed by atoms with Gasteiger partial charge >= 0.3 is 0 Å². The maximum Gasteiger partial charge on any atom is 0.225 e. The molecule has 1 N–H and O–H groups in total. The van der Waals surface area contributed by atoms with Crippen LogP contribution in [0.15, 0.2) is 53.0 Å². The Bertz CT molecular complexity index is 852. The largest absolute Gasteiger partial charge is 0.497 e. The van der Waals surface area contributed by atoms with E-state index in [-0.39, 0.29) is 30.3 Å². The van der Waals surface area contributed by atoms with Crippen molar-refractivity contribution in [2.24, 2.45) is 0 Å². The Hall–Kier alpha value is -2.34. The van der Waals surface area contributed by atoms with Gasteiger partial charge in [-0.3, -0.25) is 9.59 Å². The summed E-state index contributed by atoms with van der Waals surface area (Å²) in [5.41, 5.74) is 2.06. The molecule has 0 saturated carbocycles. The molecule has 6 heteroatoms. The minimum absolute atomic E-state index is 0.0498. The molecule has 2 aromatic rings. The molecule has 1 aliphatic heterocycles. The van der Waals surface area contributed by atoms with Gasteiger partial charge in [-0.15, -0.1) is 0 Å². The maximum absolute atomic E-state index is 13.4. The smallest absolute Gasteiger partial charge is 0.225 e. The Balaban J connectivity index is 1.82.